The Morgan fingerprint density at radius 2 is 1.26 bits per heavy atom. The largest absolute Gasteiger partial charge is 0.453 e. The van der Waals surface area contributed by atoms with Gasteiger partial charge in [-0.25, -0.2) is 4.79 Å². The standard InChI is InChI=1S/C32H26Cl2N2O6/c1-16-11-13-18(14-12-16)27(38)17(2)42-30(41)23(15-24(35)37)36-28(39)25-26(29(36)40)32(34)20-8-4-3-7-19(20)31(25,33)21-9-5-6-10-22(21)32/h3-14,17,23,25-26H,15H2,1-2H3,(H2,35,37)/t17-,23-,25-,26+,31?,32?/m1/s1. The van der Waals surface area contributed by atoms with Crippen molar-refractivity contribution >= 4 is 52.7 Å². The Balaban J connectivity index is 1.40. The van der Waals surface area contributed by atoms with Crippen LogP contribution < -0.4 is 5.73 Å². The number of primary amides is 1. The number of nitrogens with zero attached hydrogens (tertiary/aromatic N) is 1. The maximum Gasteiger partial charge on any atom is 0.330 e. The van der Waals surface area contributed by atoms with Gasteiger partial charge in [-0.1, -0.05) is 78.4 Å². The molecule has 10 heteroatoms. The lowest BCUT2D eigenvalue weighted by molar-refractivity contribution is -0.161. The molecule has 0 radical (unpaired) electrons. The number of alkyl halides is 2. The van der Waals surface area contributed by atoms with Gasteiger partial charge >= 0.3 is 5.97 Å². The SMILES string of the molecule is Cc1ccc(C(=O)[C@@H](C)OC(=O)[C@@H](CC(N)=O)N2C(=O)[C@@H]3[C@H](C2=O)C2(Cl)c4ccccc4C3(Cl)c3ccccc32)cc1. The Morgan fingerprint density at radius 1 is 0.833 bits per heavy atom. The molecule has 2 N–H and O–H groups in total. The van der Waals surface area contributed by atoms with Crippen molar-refractivity contribution in [2.75, 3.05) is 0 Å². The number of ketones is 1. The predicted molar refractivity (Wildman–Crippen MR) is 154 cm³/mol. The quantitative estimate of drug-likeness (QED) is 0.188. The van der Waals surface area contributed by atoms with Crippen LogP contribution in [0.1, 0.15) is 51.5 Å². The second kappa shape index (κ2) is 9.78. The molecule has 0 spiro atoms. The summed E-state index contributed by atoms with van der Waals surface area (Å²) in [6.45, 7) is 3.25. The van der Waals surface area contributed by atoms with E-state index in [1.54, 1.807) is 72.8 Å². The lowest BCUT2D eigenvalue weighted by Crippen LogP contribution is -2.57. The number of Topliss-reactive ketones (excluding diaryl/α,β-unsaturated/α-hetero) is 1. The molecule has 214 valence electrons. The molecular weight excluding hydrogens is 579 g/mol. The Labute approximate surface area is 251 Å². The van der Waals surface area contributed by atoms with Gasteiger partial charge in [0, 0.05) is 5.56 Å². The van der Waals surface area contributed by atoms with E-state index in [4.69, 9.17) is 33.7 Å². The van der Waals surface area contributed by atoms with Crippen LogP contribution in [0.4, 0.5) is 0 Å². The molecule has 0 aromatic heterocycles. The second-order valence-corrected chi connectivity index (χ2v) is 12.2. The molecule has 42 heavy (non-hydrogen) atoms. The van der Waals surface area contributed by atoms with E-state index >= 15 is 0 Å². The lowest BCUT2D eigenvalue weighted by atomic mass is 9.54. The zero-order chi connectivity index (χ0) is 30.1. The van der Waals surface area contributed by atoms with Crippen molar-refractivity contribution in [1.29, 1.82) is 0 Å². The van der Waals surface area contributed by atoms with Crippen LogP contribution >= 0.6 is 23.2 Å². The van der Waals surface area contributed by atoms with Crippen molar-refractivity contribution < 1.29 is 28.7 Å². The highest BCUT2D eigenvalue weighted by atomic mass is 35.5. The molecule has 3 aromatic rings. The van der Waals surface area contributed by atoms with E-state index in [1.165, 1.54) is 6.92 Å². The number of carbonyl (C=O) groups is 5. The molecule has 1 fully saturated rings. The average Bonchev–Trinajstić information content (AvgIpc) is 3.25. The number of halogens is 2. The number of ether oxygens (including phenoxy) is 1. The van der Waals surface area contributed by atoms with Crippen LogP contribution in [0.3, 0.4) is 0 Å². The van der Waals surface area contributed by atoms with E-state index in [2.05, 4.69) is 0 Å². The third kappa shape index (κ3) is 3.78. The van der Waals surface area contributed by atoms with Gasteiger partial charge in [0.15, 0.2) is 6.10 Å². The van der Waals surface area contributed by atoms with Gasteiger partial charge in [-0.15, -0.1) is 23.2 Å². The molecule has 3 aliphatic carbocycles. The Morgan fingerprint density at radius 3 is 1.67 bits per heavy atom. The number of rotatable bonds is 7. The van der Waals surface area contributed by atoms with Gasteiger partial charge in [0.25, 0.3) is 0 Å². The fraction of sp³-hybridized carbons (Fsp3) is 0.281. The number of imide groups is 1. The molecule has 1 saturated heterocycles. The van der Waals surface area contributed by atoms with Crippen LogP contribution in [0.25, 0.3) is 0 Å². The third-order valence-electron chi connectivity index (χ3n) is 8.60. The predicted octanol–water partition coefficient (Wildman–Crippen LogP) is 3.95. The summed E-state index contributed by atoms with van der Waals surface area (Å²) in [5, 5.41) is 0. The number of carbonyl (C=O) groups excluding carboxylic acids is 5. The van der Waals surface area contributed by atoms with Crippen molar-refractivity contribution in [2.45, 2.75) is 42.2 Å². The van der Waals surface area contributed by atoms with E-state index in [9.17, 15) is 24.0 Å². The Kier molecular flexibility index (Phi) is 6.55. The smallest absolute Gasteiger partial charge is 0.330 e. The molecule has 3 aromatic carbocycles. The Bertz CT molecular complexity index is 1560. The zero-order valence-corrected chi connectivity index (χ0v) is 24.2. The summed E-state index contributed by atoms with van der Waals surface area (Å²) in [5.74, 6) is -6.44. The minimum atomic E-state index is -1.72. The zero-order valence-electron chi connectivity index (χ0n) is 22.7. The van der Waals surface area contributed by atoms with Crippen LogP contribution in [-0.2, 0) is 33.7 Å². The maximum absolute atomic E-state index is 14.2. The van der Waals surface area contributed by atoms with Crippen molar-refractivity contribution in [3.05, 3.63) is 106 Å². The van der Waals surface area contributed by atoms with Gasteiger partial charge in [-0.3, -0.25) is 24.1 Å². The van der Waals surface area contributed by atoms with Gasteiger partial charge in [-0.2, -0.15) is 0 Å². The molecule has 4 atom stereocenters. The summed E-state index contributed by atoms with van der Waals surface area (Å²) in [6.07, 6.45) is -1.97. The summed E-state index contributed by atoms with van der Waals surface area (Å²) in [5.41, 5.74) is 9.10. The topological polar surface area (TPSA) is 124 Å². The molecule has 4 aliphatic rings. The monoisotopic (exact) mass is 604 g/mol. The highest BCUT2D eigenvalue weighted by molar-refractivity contribution is 6.36. The number of amides is 3. The molecule has 1 heterocycles. The Hall–Kier alpha value is -4.01. The van der Waals surface area contributed by atoms with Gasteiger partial charge in [0.2, 0.25) is 23.5 Å². The van der Waals surface area contributed by atoms with E-state index in [-0.39, 0.29) is 0 Å². The average molecular weight is 605 g/mol. The van der Waals surface area contributed by atoms with Crippen LogP contribution in [0.2, 0.25) is 0 Å². The third-order valence-corrected chi connectivity index (χ3v) is 9.88. The van der Waals surface area contributed by atoms with Gasteiger partial charge in [0.1, 0.15) is 15.8 Å². The summed E-state index contributed by atoms with van der Waals surface area (Å²) < 4.78 is 5.46. The normalized spacial score (nSPS) is 26.6. The fourth-order valence-corrected chi connectivity index (χ4v) is 7.82. The fourth-order valence-electron chi connectivity index (χ4n) is 6.73. The van der Waals surface area contributed by atoms with E-state index in [0.29, 0.717) is 27.8 Å². The molecule has 0 saturated carbocycles. The first kappa shape index (κ1) is 28.1. The lowest BCUT2D eigenvalue weighted by Gasteiger charge is -2.54. The molecule has 1 aliphatic heterocycles. The molecule has 0 unspecified atom stereocenters. The number of nitrogens with two attached hydrogens (primary N) is 1. The van der Waals surface area contributed by atoms with Crippen molar-refractivity contribution in [3.63, 3.8) is 0 Å². The highest BCUT2D eigenvalue weighted by Crippen LogP contribution is 2.69. The van der Waals surface area contributed by atoms with Crippen molar-refractivity contribution in [3.8, 4) is 0 Å². The number of likely N-dealkylation sites (tertiary alicyclic amines) is 1. The molecule has 7 rings (SSSR count). The summed E-state index contributed by atoms with van der Waals surface area (Å²) >= 11 is 14.9. The van der Waals surface area contributed by atoms with Gasteiger partial charge in [0.05, 0.1) is 18.3 Å². The molecular formula is C32H26Cl2N2O6. The van der Waals surface area contributed by atoms with Crippen LogP contribution in [-0.4, -0.2) is 46.5 Å². The first-order valence-electron chi connectivity index (χ1n) is 13.5. The van der Waals surface area contributed by atoms with Crippen molar-refractivity contribution in [2.24, 2.45) is 17.6 Å². The minimum absolute atomic E-state index is 0.312. The summed E-state index contributed by atoms with van der Waals surface area (Å²) in [7, 11) is 0. The summed E-state index contributed by atoms with van der Waals surface area (Å²) in [6, 6.07) is 19.2. The maximum atomic E-state index is 14.2. The highest BCUT2D eigenvalue weighted by Gasteiger charge is 2.74. The second-order valence-electron chi connectivity index (χ2n) is 11.0. The first-order valence-corrected chi connectivity index (χ1v) is 14.2. The number of hydrogen-bond acceptors (Lipinski definition) is 6. The van der Waals surface area contributed by atoms with E-state index < -0.39 is 69.6 Å². The van der Waals surface area contributed by atoms with E-state index in [1.807, 2.05) is 6.92 Å². The minimum Gasteiger partial charge on any atom is -0.453 e. The molecule has 8 nitrogen and oxygen atoms in total. The van der Waals surface area contributed by atoms with Crippen LogP contribution in [0, 0.1) is 18.8 Å². The summed E-state index contributed by atoms with van der Waals surface area (Å²) in [4.78, 5) is 64.9. The number of esters is 1. The number of hydrogen-bond donors (Lipinski definition) is 1. The molecule has 3 amide bonds. The van der Waals surface area contributed by atoms with Crippen molar-refractivity contribution in [1.82, 2.24) is 4.90 Å². The first-order chi connectivity index (χ1) is 19.9. The van der Waals surface area contributed by atoms with Crippen LogP contribution in [0.5, 0.6) is 0 Å². The van der Waals surface area contributed by atoms with Gasteiger partial charge in [-0.05, 0) is 36.1 Å². The van der Waals surface area contributed by atoms with Crippen LogP contribution in [0.15, 0.2) is 72.8 Å². The number of benzene rings is 3. The molecule has 2 bridgehead atoms. The van der Waals surface area contributed by atoms with E-state index in [0.717, 1.165) is 10.5 Å². The number of aryl methyl sites for hydroxylation is 1. The van der Waals surface area contributed by atoms with Gasteiger partial charge < -0.3 is 10.5 Å².